The molecule has 1 aromatic heterocycles. The summed E-state index contributed by atoms with van der Waals surface area (Å²) in [6.07, 6.45) is 0. The van der Waals surface area contributed by atoms with Crippen LogP contribution in [-0.2, 0) is 6.54 Å². The Bertz CT molecular complexity index is 770. The quantitative estimate of drug-likeness (QED) is 0.787. The van der Waals surface area contributed by atoms with Crippen molar-refractivity contribution in [3.8, 4) is 6.07 Å². The fourth-order valence-corrected chi connectivity index (χ4v) is 2.45. The van der Waals surface area contributed by atoms with Crippen LogP contribution < -0.4 is 0 Å². The Hall–Kier alpha value is -3.00. The topological polar surface area (TPSA) is 74.1 Å². The molecule has 3 rings (SSSR count). The number of nitriles is 1. The number of imide groups is 1. The van der Waals surface area contributed by atoms with E-state index in [4.69, 9.17) is 5.26 Å². The number of fused-ring (bicyclic) bond motifs is 1. The molecule has 0 bridgehead atoms. The van der Waals surface area contributed by atoms with Gasteiger partial charge in [-0.1, -0.05) is 12.1 Å². The zero-order chi connectivity index (χ0) is 15.0. The molecule has 0 atom stereocenters. The fourth-order valence-electron chi connectivity index (χ4n) is 2.45. The van der Waals surface area contributed by atoms with Gasteiger partial charge in [0, 0.05) is 5.69 Å². The number of amides is 2. The summed E-state index contributed by atoms with van der Waals surface area (Å²) in [5.41, 5.74) is 2.53. The van der Waals surface area contributed by atoms with E-state index in [1.54, 1.807) is 43.3 Å². The SMILES string of the molecule is Cc1cc(CN2C(=O)c3ccccc3C2=O)cc(C#N)n1. The molecular weight excluding hydrogens is 266 g/mol. The van der Waals surface area contributed by atoms with Crippen molar-refractivity contribution >= 4 is 11.8 Å². The molecule has 1 aliphatic heterocycles. The molecule has 5 nitrogen and oxygen atoms in total. The van der Waals surface area contributed by atoms with Gasteiger partial charge in [-0.2, -0.15) is 5.26 Å². The van der Waals surface area contributed by atoms with Gasteiger partial charge in [0.15, 0.2) is 0 Å². The van der Waals surface area contributed by atoms with Gasteiger partial charge in [-0.15, -0.1) is 0 Å². The van der Waals surface area contributed by atoms with E-state index in [0.29, 0.717) is 22.4 Å². The standard InChI is InChI=1S/C16H11N3O2/c1-10-6-11(7-12(8-17)18-10)9-19-15(20)13-4-2-3-5-14(13)16(19)21/h2-7H,9H2,1H3. The molecule has 2 heterocycles. The van der Waals surface area contributed by atoms with Crippen molar-refractivity contribution < 1.29 is 9.59 Å². The van der Waals surface area contributed by atoms with E-state index in [0.717, 1.165) is 0 Å². The summed E-state index contributed by atoms with van der Waals surface area (Å²) >= 11 is 0. The van der Waals surface area contributed by atoms with Crippen LogP contribution in [0.3, 0.4) is 0 Å². The van der Waals surface area contributed by atoms with Gasteiger partial charge >= 0.3 is 0 Å². The van der Waals surface area contributed by atoms with Gasteiger partial charge in [0.05, 0.1) is 17.7 Å². The lowest BCUT2D eigenvalue weighted by molar-refractivity contribution is 0.0642. The first-order chi connectivity index (χ1) is 10.1. The number of pyridine rings is 1. The molecule has 5 heteroatoms. The Kier molecular flexibility index (Phi) is 2.99. The Morgan fingerprint density at radius 1 is 1.14 bits per heavy atom. The molecule has 0 aliphatic carbocycles. The number of carbonyl (C=O) groups is 2. The number of aromatic nitrogens is 1. The summed E-state index contributed by atoms with van der Waals surface area (Å²) in [6.45, 7) is 1.91. The first-order valence-corrected chi connectivity index (χ1v) is 6.43. The zero-order valence-corrected chi connectivity index (χ0v) is 11.3. The molecule has 102 valence electrons. The third-order valence-corrected chi connectivity index (χ3v) is 3.35. The number of rotatable bonds is 2. The van der Waals surface area contributed by atoms with Crippen LogP contribution in [0.1, 0.15) is 37.7 Å². The lowest BCUT2D eigenvalue weighted by Gasteiger charge is -2.14. The highest BCUT2D eigenvalue weighted by atomic mass is 16.2. The minimum absolute atomic E-state index is 0.143. The van der Waals surface area contributed by atoms with Crippen LogP contribution in [0, 0.1) is 18.3 Å². The number of benzene rings is 1. The van der Waals surface area contributed by atoms with E-state index >= 15 is 0 Å². The van der Waals surface area contributed by atoms with Gasteiger partial charge in [0.25, 0.3) is 11.8 Å². The molecule has 0 unspecified atom stereocenters. The van der Waals surface area contributed by atoms with Crippen LogP contribution in [-0.4, -0.2) is 21.7 Å². The van der Waals surface area contributed by atoms with Crippen LogP contribution in [0.15, 0.2) is 36.4 Å². The first kappa shape index (κ1) is 13.0. The second kappa shape index (κ2) is 4.84. The molecule has 1 aliphatic rings. The third-order valence-electron chi connectivity index (χ3n) is 3.35. The van der Waals surface area contributed by atoms with Crippen molar-refractivity contribution in [3.05, 3.63) is 64.5 Å². The van der Waals surface area contributed by atoms with Crippen LogP contribution >= 0.6 is 0 Å². The monoisotopic (exact) mass is 277 g/mol. The summed E-state index contributed by atoms with van der Waals surface area (Å²) in [7, 11) is 0. The maximum Gasteiger partial charge on any atom is 0.261 e. The molecular formula is C16H11N3O2. The van der Waals surface area contributed by atoms with Crippen molar-refractivity contribution in [3.63, 3.8) is 0 Å². The summed E-state index contributed by atoms with van der Waals surface area (Å²) in [4.78, 5) is 29.8. The summed E-state index contributed by atoms with van der Waals surface area (Å²) in [5.74, 6) is -0.604. The van der Waals surface area contributed by atoms with Crippen LogP contribution in [0.5, 0.6) is 0 Å². The molecule has 0 saturated heterocycles. The van der Waals surface area contributed by atoms with Gasteiger partial charge < -0.3 is 0 Å². The molecule has 2 aromatic rings. The Balaban J connectivity index is 1.94. The van der Waals surface area contributed by atoms with Crippen LogP contribution in [0.25, 0.3) is 0 Å². The molecule has 0 saturated carbocycles. The average molecular weight is 277 g/mol. The summed E-state index contributed by atoms with van der Waals surface area (Å²) in [6, 6.07) is 12.1. The minimum atomic E-state index is -0.302. The van der Waals surface area contributed by atoms with Gasteiger partial charge in [0.1, 0.15) is 11.8 Å². The lowest BCUT2D eigenvalue weighted by atomic mass is 10.1. The molecule has 0 spiro atoms. The lowest BCUT2D eigenvalue weighted by Crippen LogP contribution is -2.29. The number of hydrogen-bond acceptors (Lipinski definition) is 4. The molecule has 0 radical (unpaired) electrons. The van der Waals surface area contributed by atoms with Crippen molar-refractivity contribution in [2.45, 2.75) is 13.5 Å². The van der Waals surface area contributed by atoms with E-state index < -0.39 is 0 Å². The number of aryl methyl sites for hydroxylation is 1. The molecule has 0 fully saturated rings. The largest absolute Gasteiger partial charge is 0.270 e. The Morgan fingerprint density at radius 2 is 1.76 bits per heavy atom. The second-order valence-electron chi connectivity index (χ2n) is 4.86. The smallest absolute Gasteiger partial charge is 0.261 e. The highest BCUT2D eigenvalue weighted by molar-refractivity contribution is 6.21. The van der Waals surface area contributed by atoms with Gasteiger partial charge in [-0.25, -0.2) is 4.98 Å². The molecule has 1 aromatic carbocycles. The van der Waals surface area contributed by atoms with E-state index in [-0.39, 0.29) is 24.1 Å². The minimum Gasteiger partial charge on any atom is -0.270 e. The van der Waals surface area contributed by atoms with Gasteiger partial charge in [0.2, 0.25) is 0 Å². The maximum atomic E-state index is 12.3. The molecule has 21 heavy (non-hydrogen) atoms. The maximum absolute atomic E-state index is 12.3. The highest BCUT2D eigenvalue weighted by Crippen LogP contribution is 2.24. The summed E-state index contributed by atoms with van der Waals surface area (Å²) < 4.78 is 0. The predicted octanol–water partition coefficient (Wildman–Crippen LogP) is 2.06. The zero-order valence-electron chi connectivity index (χ0n) is 11.3. The van der Waals surface area contributed by atoms with Crippen molar-refractivity contribution in [1.82, 2.24) is 9.88 Å². The van der Waals surface area contributed by atoms with Crippen LogP contribution in [0.4, 0.5) is 0 Å². The predicted molar refractivity (Wildman–Crippen MR) is 74.3 cm³/mol. The van der Waals surface area contributed by atoms with E-state index in [2.05, 4.69) is 4.98 Å². The average Bonchev–Trinajstić information content (AvgIpc) is 2.72. The van der Waals surface area contributed by atoms with Crippen molar-refractivity contribution in [2.75, 3.05) is 0 Å². The molecule has 2 amide bonds. The number of nitrogens with zero attached hydrogens (tertiary/aromatic N) is 3. The van der Waals surface area contributed by atoms with Gasteiger partial charge in [-0.3, -0.25) is 14.5 Å². The fraction of sp³-hybridized carbons (Fsp3) is 0.125. The first-order valence-electron chi connectivity index (χ1n) is 6.43. The Labute approximate surface area is 121 Å². The van der Waals surface area contributed by atoms with E-state index in [1.165, 1.54) is 4.90 Å². The van der Waals surface area contributed by atoms with E-state index in [9.17, 15) is 9.59 Å². The molecule has 0 N–H and O–H groups in total. The van der Waals surface area contributed by atoms with Gasteiger partial charge in [-0.05, 0) is 36.8 Å². The second-order valence-corrected chi connectivity index (χ2v) is 4.86. The summed E-state index contributed by atoms with van der Waals surface area (Å²) in [5, 5.41) is 8.93. The van der Waals surface area contributed by atoms with E-state index in [1.807, 2.05) is 6.07 Å². The third kappa shape index (κ3) is 2.17. The normalized spacial score (nSPS) is 13.2. The Morgan fingerprint density at radius 3 is 2.33 bits per heavy atom. The number of hydrogen-bond donors (Lipinski definition) is 0. The van der Waals surface area contributed by atoms with Crippen molar-refractivity contribution in [1.29, 1.82) is 5.26 Å². The number of carbonyl (C=O) groups excluding carboxylic acids is 2. The highest BCUT2D eigenvalue weighted by Gasteiger charge is 2.34. The van der Waals surface area contributed by atoms with Crippen molar-refractivity contribution in [2.24, 2.45) is 0 Å². The van der Waals surface area contributed by atoms with Crippen LogP contribution in [0.2, 0.25) is 0 Å².